The van der Waals surface area contributed by atoms with Crippen molar-refractivity contribution >= 4 is 17.8 Å². The van der Waals surface area contributed by atoms with E-state index in [2.05, 4.69) is 39.5 Å². The van der Waals surface area contributed by atoms with E-state index in [4.69, 9.17) is 24.5 Å². The number of rotatable bonds is 5. The van der Waals surface area contributed by atoms with Crippen molar-refractivity contribution in [2.24, 2.45) is 0 Å². The largest absolute Gasteiger partial charge is 0.490 e. The average molecular weight is 594 g/mol. The lowest BCUT2D eigenvalue weighted by molar-refractivity contribution is -0.193. The van der Waals surface area contributed by atoms with Crippen LogP contribution >= 0.6 is 0 Å². The summed E-state index contributed by atoms with van der Waals surface area (Å²) in [6.07, 6.45) is -3.61. The molecular weight excluding hydrogens is 564 g/mol. The van der Waals surface area contributed by atoms with Gasteiger partial charge in [-0.3, -0.25) is 9.78 Å². The highest BCUT2D eigenvalue weighted by Crippen LogP contribution is 2.50. The molecule has 0 radical (unpaired) electrons. The number of fused-ring (bicyclic) bond motifs is 2. The fourth-order valence-corrected chi connectivity index (χ4v) is 4.66. The second-order valence-electron chi connectivity index (χ2n) is 9.28. The number of benzene rings is 1. The molecule has 0 saturated carbocycles. The molecule has 226 valence electrons. The van der Waals surface area contributed by atoms with Gasteiger partial charge in [-0.2, -0.15) is 26.3 Å². The Bertz CT molecular complexity index is 1140. The van der Waals surface area contributed by atoms with Crippen molar-refractivity contribution in [3.05, 3.63) is 65.5 Å². The van der Waals surface area contributed by atoms with Crippen LogP contribution < -0.4 is 5.32 Å². The van der Waals surface area contributed by atoms with Gasteiger partial charge in [-0.25, -0.2) is 9.59 Å². The van der Waals surface area contributed by atoms with Crippen LogP contribution in [0.5, 0.6) is 0 Å². The number of carbonyl (C=O) groups is 3. The van der Waals surface area contributed by atoms with Gasteiger partial charge in [-0.15, -0.1) is 0 Å². The van der Waals surface area contributed by atoms with E-state index in [1.807, 2.05) is 6.07 Å². The summed E-state index contributed by atoms with van der Waals surface area (Å²) in [7, 11) is 1.76. The number of aliphatic carboxylic acids is 2. The van der Waals surface area contributed by atoms with Gasteiger partial charge in [0.2, 0.25) is 0 Å². The third-order valence-corrected chi connectivity index (χ3v) is 6.64. The molecule has 1 aromatic carbocycles. The Kier molecular flexibility index (Phi) is 11.6. The summed E-state index contributed by atoms with van der Waals surface area (Å²) in [6.45, 7) is 3.95. The molecule has 2 aromatic rings. The van der Waals surface area contributed by atoms with Crippen LogP contribution in [0.1, 0.15) is 46.8 Å². The standard InChI is InChI=1S/C22H27N3O2.2C2HF3O2/c1-27-14-13-25-11-8-22(9-12-25)15-20(18-6-2-3-7-19(18)22)24-21(26)17-5-4-10-23-16-17;2*3-2(4,5)1(6)7/h2-7,10,16,20H,8-9,11-15H2,1H3,(H,24,26);2*(H,6,7). The summed E-state index contributed by atoms with van der Waals surface area (Å²) < 4.78 is 68.7. The molecule has 1 fully saturated rings. The number of nitrogens with one attached hydrogen (secondary N) is 1. The zero-order chi connectivity index (χ0) is 30.8. The molecule has 1 aliphatic carbocycles. The lowest BCUT2D eigenvalue weighted by Crippen LogP contribution is -2.43. The van der Waals surface area contributed by atoms with Crippen LogP contribution in [0.25, 0.3) is 0 Å². The predicted octanol–water partition coefficient (Wildman–Crippen LogP) is 4.20. The van der Waals surface area contributed by atoms with E-state index in [-0.39, 0.29) is 17.4 Å². The quantitative estimate of drug-likeness (QED) is 0.440. The number of hydrogen-bond acceptors (Lipinski definition) is 6. The summed E-state index contributed by atoms with van der Waals surface area (Å²) in [4.78, 5) is 37.0. The smallest absolute Gasteiger partial charge is 0.475 e. The van der Waals surface area contributed by atoms with Crippen LogP contribution in [-0.4, -0.2) is 83.6 Å². The Morgan fingerprint density at radius 3 is 2.05 bits per heavy atom. The average Bonchev–Trinajstić information content (AvgIpc) is 3.21. The monoisotopic (exact) mass is 593 g/mol. The van der Waals surface area contributed by atoms with Gasteiger partial charge in [0.1, 0.15) is 0 Å². The highest BCUT2D eigenvalue weighted by atomic mass is 19.4. The third-order valence-electron chi connectivity index (χ3n) is 6.64. The van der Waals surface area contributed by atoms with Crippen LogP contribution in [0, 0.1) is 0 Å². The Labute approximate surface area is 231 Å². The van der Waals surface area contributed by atoms with E-state index in [9.17, 15) is 31.1 Å². The maximum Gasteiger partial charge on any atom is 0.490 e. The number of likely N-dealkylation sites (tertiary alicyclic amines) is 1. The second kappa shape index (κ2) is 14.3. The molecule has 1 aliphatic heterocycles. The molecule has 1 spiro atoms. The van der Waals surface area contributed by atoms with E-state index >= 15 is 0 Å². The summed E-state index contributed by atoms with van der Waals surface area (Å²) in [6, 6.07) is 12.3. The highest BCUT2D eigenvalue weighted by Gasteiger charge is 2.45. The second-order valence-corrected chi connectivity index (χ2v) is 9.28. The first kappa shape index (κ1) is 33.5. The van der Waals surface area contributed by atoms with Gasteiger partial charge in [-0.05, 0) is 55.6 Å². The molecule has 1 atom stereocenters. The summed E-state index contributed by atoms with van der Waals surface area (Å²) in [5, 5.41) is 17.5. The van der Waals surface area contributed by atoms with E-state index in [1.54, 1.807) is 25.6 Å². The van der Waals surface area contributed by atoms with E-state index < -0.39 is 24.3 Å². The first-order valence-electron chi connectivity index (χ1n) is 12.2. The number of nitrogens with zero attached hydrogens (tertiary/aromatic N) is 2. The Balaban J connectivity index is 0.000000349. The third kappa shape index (κ3) is 9.70. The minimum absolute atomic E-state index is 0.0440. The number of carbonyl (C=O) groups excluding carboxylic acids is 1. The Morgan fingerprint density at radius 1 is 1.00 bits per heavy atom. The number of halogens is 6. The number of alkyl halides is 6. The topological polar surface area (TPSA) is 129 Å². The molecule has 1 aromatic heterocycles. The minimum atomic E-state index is -5.08. The molecule has 9 nitrogen and oxygen atoms in total. The molecule has 3 N–H and O–H groups in total. The zero-order valence-electron chi connectivity index (χ0n) is 21.8. The van der Waals surface area contributed by atoms with Gasteiger partial charge >= 0.3 is 24.3 Å². The molecule has 15 heteroatoms. The normalized spacial score (nSPS) is 17.8. The van der Waals surface area contributed by atoms with E-state index in [0.717, 1.165) is 45.5 Å². The van der Waals surface area contributed by atoms with Gasteiger partial charge in [-0.1, -0.05) is 24.3 Å². The number of carboxylic acids is 2. The van der Waals surface area contributed by atoms with Crippen molar-refractivity contribution in [1.29, 1.82) is 0 Å². The summed E-state index contributed by atoms with van der Waals surface area (Å²) in [5.41, 5.74) is 3.49. The van der Waals surface area contributed by atoms with Crippen molar-refractivity contribution in [1.82, 2.24) is 15.2 Å². The summed E-state index contributed by atoms with van der Waals surface area (Å²) >= 11 is 0. The lowest BCUT2D eigenvalue weighted by atomic mass is 9.73. The first-order chi connectivity index (χ1) is 19.1. The zero-order valence-corrected chi connectivity index (χ0v) is 21.8. The maximum absolute atomic E-state index is 12.7. The number of hydrogen-bond donors (Lipinski definition) is 3. The van der Waals surface area contributed by atoms with Crippen LogP contribution in [0.3, 0.4) is 0 Å². The first-order valence-corrected chi connectivity index (χ1v) is 12.2. The van der Waals surface area contributed by atoms with Gasteiger partial charge in [0.15, 0.2) is 0 Å². The molecule has 1 unspecified atom stereocenters. The van der Waals surface area contributed by atoms with E-state index in [1.165, 1.54) is 11.1 Å². The fourth-order valence-electron chi connectivity index (χ4n) is 4.66. The molecular formula is C26H29F6N3O6. The minimum Gasteiger partial charge on any atom is -0.475 e. The van der Waals surface area contributed by atoms with Gasteiger partial charge in [0.05, 0.1) is 18.2 Å². The molecule has 1 amide bonds. The number of piperidine rings is 1. The van der Waals surface area contributed by atoms with Gasteiger partial charge < -0.3 is 25.2 Å². The number of pyridine rings is 1. The molecule has 4 rings (SSSR count). The van der Waals surface area contributed by atoms with Crippen molar-refractivity contribution < 1.29 is 55.7 Å². The van der Waals surface area contributed by atoms with Gasteiger partial charge in [0, 0.05) is 31.5 Å². The Hall–Kier alpha value is -3.72. The van der Waals surface area contributed by atoms with Crippen LogP contribution in [-0.2, 0) is 19.7 Å². The SMILES string of the molecule is COCCN1CCC2(CC1)CC(NC(=O)c1cccnc1)c1ccccc12.O=C(O)C(F)(F)F.O=C(O)C(F)(F)F. The van der Waals surface area contributed by atoms with Crippen LogP contribution in [0.2, 0.25) is 0 Å². The number of amides is 1. The molecule has 1 saturated heterocycles. The van der Waals surface area contributed by atoms with Crippen molar-refractivity contribution in [2.75, 3.05) is 33.4 Å². The highest BCUT2D eigenvalue weighted by molar-refractivity contribution is 5.94. The molecule has 2 aliphatic rings. The number of methoxy groups -OCH3 is 1. The Morgan fingerprint density at radius 2 is 1.56 bits per heavy atom. The van der Waals surface area contributed by atoms with Crippen molar-refractivity contribution in [2.45, 2.75) is 43.1 Å². The van der Waals surface area contributed by atoms with Crippen molar-refractivity contribution in [3.8, 4) is 0 Å². The number of carboxylic acid groups (broad SMARTS) is 2. The van der Waals surface area contributed by atoms with Crippen LogP contribution in [0.4, 0.5) is 26.3 Å². The van der Waals surface area contributed by atoms with Gasteiger partial charge in [0.25, 0.3) is 5.91 Å². The molecule has 41 heavy (non-hydrogen) atoms. The molecule has 2 heterocycles. The van der Waals surface area contributed by atoms with Crippen molar-refractivity contribution in [3.63, 3.8) is 0 Å². The van der Waals surface area contributed by atoms with E-state index in [0.29, 0.717) is 5.56 Å². The maximum atomic E-state index is 12.7. The number of aromatic nitrogens is 1. The number of ether oxygens (including phenoxy) is 1. The lowest BCUT2D eigenvalue weighted by Gasteiger charge is -2.40. The summed E-state index contributed by atoms with van der Waals surface area (Å²) in [5.74, 6) is -5.56. The fraction of sp³-hybridized carbons (Fsp3) is 0.462. The molecule has 0 bridgehead atoms. The van der Waals surface area contributed by atoms with Crippen LogP contribution in [0.15, 0.2) is 48.8 Å². The predicted molar refractivity (Wildman–Crippen MR) is 132 cm³/mol.